The van der Waals surface area contributed by atoms with Gasteiger partial charge in [0.1, 0.15) is 5.72 Å². The summed E-state index contributed by atoms with van der Waals surface area (Å²) in [7, 11) is 0. The molecule has 1 fully saturated rings. The highest BCUT2D eigenvalue weighted by molar-refractivity contribution is 5.85. The summed E-state index contributed by atoms with van der Waals surface area (Å²) in [5.74, 6) is 0. The number of hydrogen-bond acceptors (Lipinski definition) is 3. The fourth-order valence-electron chi connectivity index (χ4n) is 1.27. The van der Waals surface area contributed by atoms with Crippen molar-refractivity contribution in [3.8, 4) is 0 Å². The van der Waals surface area contributed by atoms with E-state index in [1.807, 2.05) is 6.92 Å². The Balaban J connectivity index is 0.000001000. The average Bonchev–Trinajstić information content (AvgIpc) is 2.12. The van der Waals surface area contributed by atoms with E-state index in [0.29, 0.717) is 12.5 Å². The normalized spacial score (nSPS) is 36.8. The molecule has 0 aromatic heterocycles. The second-order valence-electron chi connectivity index (χ2n) is 3.06. The Bertz CT molecular complexity index is 119. The van der Waals surface area contributed by atoms with Gasteiger partial charge in [0.2, 0.25) is 0 Å². The van der Waals surface area contributed by atoms with Crippen molar-refractivity contribution in [3.05, 3.63) is 0 Å². The summed E-state index contributed by atoms with van der Waals surface area (Å²) in [4.78, 5) is 0. The van der Waals surface area contributed by atoms with Gasteiger partial charge in [0, 0.05) is 19.1 Å². The third kappa shape index (κ3) is 2.95. The van der Waals surface area contributed by atoms with Crippen molar-refractivity contribution in [1.29, 1.82) is 0 Å². The lowest BCUT2D eigenvalue weighted by Gasteiger charge is -2.22. The molecule has 3 nitrogen and oxygen atoms in total. The lowest BCUT2D eigenvalue weighted by Crippen LogP contribution is -2.41. The van der Waals surface area contributed by atoms with Crippen molar-refractivity contribution in [2.75, 3.05) is 13.2 Å². The molecule has 4 heteroatoms. The summed E-state index contributed by atoms with van der Waals surface area (Å²) in [6, 6.07) is 0.413. The third-order valence-corrected chi connectivity index (χ3v) is 1.79. The number of halogens is 1. The summed E-state index contributed by atoms with van der Waals surface area (Å²) < 4.78 is 5.42. The second-order valence-corrected chi connectivity index (χ2v) is 3.06. The number of aliphatic hydroxyl groups excluding tert-OH is 1. The van der Waals surface area contributed by atoms with E-state index in [1.54, 1.807) is 0 Å². The first-order chi connectivity index (χ1) is 4.66. The van der Waals surface area contributed by atoms with Crippen LogP contribution in [-0.2, 0) is 4.74 Å². The number of hydrogen-bond donors (Lipinski definition) is 2. The summed E-state index contributed by atoms with van der Waals surface area (Å²) in [5.41, 5.74) is -0.284. The molecule has 1 aliphatic rings. The molecule has 68 valence electrons. The van der Waals surface area contributed by atoms with Crippen LogP contribution in [0.1, 0.15) is 20.3 Å². The molecule has 1 rings (SSSR count). The number of nitrogens with one attached hydrogen (secondary N) is 1. The quantitative estimate of drug-likeness (QED) is 0.653. The summed E-state index contributed by atoms with van der Waals surface area (Å²) in [6.07, 6.45) is 0.664. The molecule has 1 heterocycles. The van der Waals surface area contributed by atoms with E-state index in [0.717, 1.165) is 6.61 Å². The molecule has 0 aromatic carbocycles. The number of rotatable bonds is 2. The summed E-state index contributed by atoms with van der Waals surface area (Å²) in [5, 5.41) is 11.9. The van der Waals surface area contributed by atoms with Crippen molar-refractivity contribution in [2.45, 2.75) is 32.0 Å². The molecule has 0 spiro atoms. The fraction of sp³-hybridized carbons (Fsp3) is 1.00. The Morgan fingerprint density at radius 3 is 2.73 bits per heavy atom. The molecule has 11 heavy (non-hydrogen) atoms. The van der Waals surface area contributed by atoms with E-state index < -0.39 is 0 Å². The van der Waals surface area contributed by atoms with E-state index in [4.69, 9.17) is 9.84 Å². The Kier molecular flexibility index (Phi) is 4.32. The first kappa shape index (κ1) is 11.2. The summed E-state index contributed by atoms with van der Waals surface area (Å²) >= 11 is 0. The zero-order valence-electron chi connectivity index (χ0n) is 6.96. The Morgan fingerprint density at radius 1 is 1.73 bits per heavy atom. The minimum absolute atomic E-state index is 0. The van der Waals surface area contributed by atoms with Crippen LogP contribution in [0.3, 0.4) is 0 Å². The van der Waals surface area contributed by atoms with E-state index in [2.05, 4.69) is 12.2 Å². The van der Waals surface area contributed by atoms with Gasteiger partial charge >= 0.3 is 0 Å². The smallest absolute Gasteiger partial charge is 0.118 e. The highest BCUT2D eigenvalue weighted by atomic mass is 35.5. The molecule has 0 saturated carbocycles. The monoisotopic (exact) mass is 181 g/mol. The molecule has 1 aliphatic heterocycles. The predicted octanol–water partition coefficient (Wildman–Crippen LogP) is 0.515. The van der Waals surface area contributed by atoms with Gasteiger partial charge in [-0.05, 0) is 13.8 Å². The molecule has 0 aliphatic carbocycles. The van der Waals surface area contributed by atoms with Crippen LogP contribution in [0.5, 0.6) is 0 Å². The Hall–Kier alpha value is 0.170. The van der Waals surface area contributed by atoms with Gasteiger partial charge in [-0.1, -0.05) is 0 Å². The largest absolute Gasteiger partial charge is 0.396 e. The molecule has 1 saturated heterocycles. The minimum atomic E-state index is -0.284. The van der Waals surface area contributed by atoms with Gasteiger partial charge in [0.25, 0.3) is 0 Å². The molecule has 0 amide bonds. The molecule has 2 atom stereocenters. The fourth-order valence-corrected chi connectivity index (χ4v) is 1.27. The van der Waals surface area contributed by atoms with Gasteiger partial charge < -0.3 is 9.84 Å². The first-order valence-electron chi connectivity index (χ1n) is 3.69. The maximum Gasteiger partial charge on any atom is 0.118 e. The van der Waals surface area contributed by atoms with Crippen LogP contribution >= 0.6 is 12.4 Å². The van der Waals surface area contributed by atoms with Crippen molar-refractivity contribution in [3.63, 3.8) is 0 Å². The van der Waals surface area contributed by atoms with Crippen molar-refractivity contribution in [2.24, 2.45) is 0 Å². The maximum atomic E-state index is 8.66. The number of aliphatic hydroxyl groups is 1. The van der Waals surface area contributed by atoms with Crippen LogP contribution in [0.2, 0.25) is 0 Å². The molecule has 2 unspecified atom stereocenters. The van der Waals surface area contributed by atoms with Crippen LogP contribution in [0.15, 0.2) is 0 Å². The highest BCUT2D eigenvalue weighted by Gasteiger charge is 2.32. The van der Waals surface area contributed by atoms with E-state index in [-0.39, 0.29) is 24.7 Å². The standard InChI is InChI=1S/C7H15NO2.ClH/c1-6-5-10-7(2,8-6)3-4-9;/h6,8-9H,3-5H2,1-2H3;1H. The third-order valence-electron chi connectivity index (χ3n) is 1.79. The van der Waals surface area contributed by atoms with Gasteiger partial charge in [-0.3, -0.25) is 5.32 Å². The maximum absolute atomic E-state index is 8.66. The molecule has 2 N–H and O–H groups in total. The van der Waals surface area contributed by atoms with Crippen LogP contribution in [0, 0.1) is 0 Å². The minimum Gasteiger partial charge on any atom is -0.396 e. The highest BCUT2D eigenvalue weighted by Crippen LogP contribution is 2.18. The first-order valence-corrected chi connectivity index (χ1v) is 3.69. The van der Waals surface area contributed by atoms with Crippen LogP contribution in [0.4, 0.5) is 0 Å². The number of ether oxygens (including phenoxy) is 1. The van der Waals surface area contributed by atoms with E-state index >= 15 is 0 Å². The van der Waals surface area contributed by atoms with Crippen molar-refractivity contribution in [1.82, 2.24) is 5.32 Å². The summed E-state index contributed by atoms with van der Waals surface area (Å²) in [6.45, 7) is 4.96. The van der Waals surface area contributed by atoms with Crippen LogP contribution < -0.4 is 5.32 Å². The molecular formula is C7H16ClNO2. The van der Waals surface area contributed by atoms with Crippen LogP contribution in [-0.4, -0.2) is 30.1 Å². The van der Waals surface area contributed by atoms with E-state index in [9.17, 15) is 0 Å². The van der Waals surface area contributed by atoms with Gasteiger partial charge in [-0.15, -0.1) is 12.4 Å². The predicted molar refractivity (Wildman–Crippen MR) is 45.9 cm³/mol. The zero-order valence-corrected chi connectivity index (χ0v) is 7.78. The van der Waals surface area contributed by atoms with Crippen LogP contribution in [0.25, 0.3) is 0 Å². The van der Waals surface area contributed by atoms with Gasteiger partial charge in [-0.25, -0.2) is 0 Å². The molecule has 0 bridgehead atoms. The van der Waals surface area contributed by atoms with Crippen molar-refractivity contribution < 1.29 is 9.84 Å². The lowest BCUT2D eigenvalue weighted by molar-refractivity contribution is -0.0121. The Labute approximate surface area is 73.5 Å². The van der Waals surface area contributed by atoms with Gasteiger partial charge in [0.15, 0.2) is 0 Å². The zero-order chi connectivity index (χ0) is 7.61. The van der Waals surface area contributed by atoms with Crippen molar-refractivity contribution >= 4 is 12.4 Å². The SMILES string of the molecule is CC1COC(C)(CCO)N1.Cl. The second kappa shape index (κ2) is 4.26. The lowest BCUT2D eigenvalue weighted by atomic mass is 10.2. The van der Waals surface area contributed by atoms with Gasteiger partial charge in [-0.2, -0.15) is 0 Å². The molecular weight excluding hydrogens is 166 g/mol. The average molecular weight is 182 g/mol. The Morgan fingerprint density at radius 2 is 2.36 bits per heavy atom. The van der Waals surface area contributed by atoms with Gasteiger partial charge in [0.05, 0.1) is 6.61 Å². The van der Waals surface area contributed by atoms with E-state index in [1.165, 1.54) is 0 Å². The molecule has 0 aromatic rings. The molecule has 0 radical (unpaired) electrons. The topological polar surface area (TPSA) is 41.5 Å².